The van der Waals surface area contributed by atoms with Crippen molar-refractivity contribution < 1.29 is 9.90 Å². The molecule has 0 radical (unpaired) electrons. The Hall–Kier alpha value is -1.22. The average molecular weight is 373 g/mol. The van der Waals surface area contributed by atoms with Crippen LogP contribution >= 0.6 is 12.4 Å². The third kappa shape index (κ3) is 4.31. The summed E-state index contributed by atoms with van der Waals surface area (Å²) < 4.78 is 1.73. The van der Waals surface area contributed by atoms with Crippen LogP contribution in [-0.4, -0.2) is 87.2 Å². The van der Waals surface area contributed by atoms with Gasteiger partial charge >= 0.3 is 0 Å². The molecule has 142 valence electrons. The highest BCUT2D eigenvalue weighted by Gasteiger charge is 2.49. The summed E-state index contributed by atoms with van der Waals surface area (Å²) in [5.41, 5.74) is -0.870. The Labute approximate surface area is 155 Å². The molecule has 8 nitrogen and oxygen atoms in total. The van der Waals surface area contributed by atoms with E-state index in [0.29, 0.717) is 18.8 Å². The predicted molar refractivity (Wildman–Crippen MR) is 96.9 cm³/mol. The lowest BCUT2D eigenvalue weighted by molar-refractivity contribution is -0.0108. The van der Waals surface area contributed by atoms with E-state index in [2.05, 4.69) is 20.5 Å². The van der Waals surface area contributed by atoms with Crippen LogP contribution in [0.4, 0.5) is 0 Å². The number of halogens is 1. The molecular weight excluding hydrogens is 344 g/mol. The number of rotatable bonds is 4. The number of nitrogens with one attached hydrogen (secondary N) is 1. The number of carbonyl (C=O) groups is 1. The first-order chi connectivity index (χ1) is 11.3. The van der Waals surface area contributed by atoms with Crippen molar-refractivity contribution in [3.63, 3.8) is 0 Å². The molecule has 2 aliphatic heterocycles. The third-order valence-electron chi connectivity index (χ3n) is 5.44. The molecule has 1 aromatic heterocycles. The van der Waals surface area contributed by atoms with Gasteiger partial charge in [0, 0.05) is 44.7 Å². The number of nitrogens with zero attached hydrogens (tertiary/aromatic N) is 5. The zero-order valence-electron chi connectivity index (χ0n) is 15.2. The maximum atomic E-state index is 12.6. The van der Waals surface area contributed by atoms with Crippen molar-refractivity contribution in [2.45, 2.75) is 32.9 Å². The number of amides is 1. The molecular formula is C16H29ClN6O2. The molecule has 9 heteroatoms. The van der Waals surface area contributed by atoms with Crippen LogP contribution in [0.3, 0.4) is 0 Å². The molecule has 1 amide bonds. The lowest BCUT2D eigenvalue weighted by Crippen LogP contribution is -2.44. The Bertz CT molecular complexity index is 581. The number of carbonyl (C=O) groups excluding carboxylic acids is 1. The SMILES string of the molecule is CC1(C)CN(C(=O)c2cn(CCN3CCNCC3)nn2)C[C@]1(C)O.Cl. The summed E-state index contributed by atoms with van der Waals surface area (Å²) >= 11 is 0. The van der Waals surface area contributed by atoms with Crippen molar-refractivity contribution in [3.05, 3.63) is 11.9 Å². The second-order valence-electron chi connectivity index (χ2n) is 7.78. The minimum atomic E-state index is -0.888. The second kappa shape index (κ2) is 7.57. The van der Waals surface area contributed by atoms with Crippen molar-refractivity contribution in [1.82, 2.24) is 30.1 Å². The topological polar surface area (TPSA) is 86.5 Å². The molecule has 2 N–H and O–H groups in total. The Morgan fingerprint density at radius 2 is 1.92 bits per heavy atom. The number of aromatic nitrogens is 3. The number of aliphatic hydroxyl groups is 1. The van der Waals surface area contributed by atoms with Crippen LogP contribution in [-0.2, 0) is 6.54 Å². The van der Waals surface area contributed by atoms with Crippen LogP contribution in [0, 0.1) is 5.41 Å². The Kier molecular flexibility index (Phi) is 6.09. The Morgan fingerprint density at radius 3 is 2.52 bits per heavy atom. The van der Waals surface area contributed by atoms with Crippen LogP contribution in [0.15, 0.2) is 6.20 Å². The molecule has 3 rings (SSSR count). The molecule has 0 spiro atoms. The van der Waals surface area contributed by atoms with Gasteiger partial charge in [0.2, 0.25) is 0 Å². The fraction of sp³-hybridized carbons (Fsp3) is 0.812. The summed E-state index contributed by atoms with van der Waals surface area (Å²) in [6, 6.07) is 0. The number of β-amino-alcohol motifs (C(OH)–C–C–N with tert-alkyl or cyclic N) is 1. The molecule has 0 unspecified atom stereocenters. The van der Waals surface area contributed by atoms with E-state index >= 15 is 0 Å². The van der Waals surface area contributed by atoms with Crippen LogP contribution in [0.25, 0.3) is 0 Å². The van der Waals surface area contributed by atoms with Gasteiger partial charge in [-0.15, -0.1) is 17.5 Å². The summed E-state index contributed by atoms with van der Waals surface area (Å²) in [6.45, 7) is 12.3. The van der Waals surface area contributed by atoms with E-state index in [1.807, 2.05) is 13.8 Å². The molecule has 1 aromatic rings. The van der Waals surface area contributed by atoms with Gasteiger partial charge in [0.1, 0.15) is 0 Å². The summed E-state index contributed by atoms with van der Waals surface area (Å²) in [7, 11) is 0. The summed E-state index contributed by atoms with van der Waals surface area (Å²) in [5, 5.41) is 21.9. The van der Waals surface area contributed by atoms with E-state index in [1.54, 1.807) is 22.7 Å². The van der Waals surface area contributed by atoms with E-state index < -0.39 is 5.60 Å². The van der Waals surface area contributed by atoms with Gasteiger partial charge in [0.05, 0.1) is 24.9 Å². The van der Waals surface area contributed by atoms with Crippen molar-refractivity contribution >= 4 is 18.3 Å². The normalized spacial score (nSPS) is 26.5. The van der Waals surface area contributed by atoms with Gasteiger partial charge in [-0.2, -0.15) is 0 Å². The summed E-state index contributed by atoms with van der Waals surface area (Å²) in [6.07, 6.45) is 1.71. The standard InChI is InChI=1S/C16H28N6O2.ClH/c1-15(2)11-21(12-16(15,3)24)14(23)13-10-22(19-18-13)9-8-20-6-4-17-5-7-20;/h10,17,24H,4-9,11-12H2,1-3H3;1H/t16-;/m0./s1. The highest BCUT2D eigenvalue weighted by molar-refractivity contribution is 5.92. The molecule has 0 saturated carbocycles. The zero-order chi connectivity index (χ0) is 17.4. The van der Waals surface area contributed by atoms with Crippen molar-refractivity contribution in [3.8, 4) is 0 Å². The maximum absolute atomic E-state index is 12.6. The van der Waals surface area contributed by atoms with Crippen LogP contribution in [0.1, 0.15) is 31.3 Å². The molecule has 0 bridgehead atoms. The molecule has 0 aromatic carbocycles. The third-order valence-corrected chi connectivity index (χ3v) is 5.44. The second-order valence-corrected chi connectivity index (χ2v) is 7.78. The van der Waals surface area contributed by atoms with Crippen molar-refractivity contribution in [2.75, 3.05) is 45.8 Å². The first-order valence-corrected chi connectivity index (χ1v) is 8.63. The lowest BCUT2D eigenvalue weighted by Gasteiger charge is -2.30. The molecule has 2 aliphatic rings. The molecule has 3 heterocycles. The molecule has 25 heavy (non-hydrogen) atoms. The van der Waals surface area contributed by atoms with Gasteiger partial charge in [0.15, 0.2) is 5.69 Å². The number of hydrogen-bond donors (Lipinski definition) is 2. The molecule has 0 aliphatic carbocycles. The highest BCUT2D eigenvalue weighted by Crippen LogP contribution is 2.38. The summed E-state index contributed by atoms with van der Waals surface area (Å²) in [4.78, 5) is 16.7. The fourth-order valence-electron chi connectivity index (χ4n) is 3.28. The number of piperazine rings is 1. The quantitative estimate of drug-likeness (QED) is 0.763. The van der Waals surface area contributed by atoms with E-state index in [4.69, 9.17) is 0 Å². The first kappa shape index (κ1) is 20.1. The van der Waals surface area contributed by atoms with Gasteiger partial charge in [-0.25, -0.2) is 0 Å². The van der Waals surface area contributed by atoms with Crippen molar-refractivity contribution in [1.29, 1.82) is 0 Å². The van der Waals surface area contributed by atoms with E-state index in [9.17, 15) is 9.90 Å². The fourth-order valence-corrected chi connectivity index (χ4v) is 3.28. The minimum absolute atomic E-state index is 0. The Balaban J connectivity index is 0.00000225. The largest absolute Gasteiger partial charge is 0.388 e. The van der Waals surface area contributed by atoms with E-state index in [0.717, 1.165) is 39.3 Å². The zero-order valence-corrected chi connectivity index (χ0v) is 16.1. The van der Waals surface area contributed by atoms with Gasteiger partial charge < -0.3 is 15.3 Å². The van der Waals surface area contributed by atoms with Gasteiger partial charge in [-0.3, -0.25) is 14.4 Å². The van der Waals surface area contributed by atoms with E-state index in [1.165, 1.54) is 0 Å². The predicted octanol–water partition coefficient (Wildman–Crippen LogP) is -0.162. The smallest absolute Gasteiger partial charge is 0.276 e. The van der Waals surface area contributed by atoms with Gasteiger partial charge in [0.25, 0.3) is 5.91 Å². The van der Waals surface area contributed by atoms with Crippen LogP contribution < -0.4 is 5.32 Å². The lowest BCUT2D eigenvalue weighted by atomic mass is 9.79. The number of hydrogen-bond acceptors (Lipinski definition) is 6. The molecule has 2 saturated heterocycles. The molecule has 2 fully saturated rings. The van der Waals surface area contributed by atoms with Crippen LogP contribution in [0.5, 0.6) is 0 Å². The molecule has 1 atom stereocenters. The monoisotopic (exact) mass is 372 g/mol. The average Bonchev–Trinajstić information content (AvgIpc) is 3.08. The van der Waals surface area contributed by atoms with Crippen LogP contribution in [0.2, 0.25) is 0 Å². The van der Waals surface area contributed by atoms with Gasteiger partial charge in [-0.05, 0) is 6.92 Å². The highest BCUT2D eigenvalue weighted by atomic mass is 35.5. The minimum Gasteiger partial charge on any atom is -0.388 e. The Morgan fingerprint density at radius 1 is 1.24 bits per heavy atom. The summed E-state index contributed by atoms with van der Waals surface area (Å²) in [5.74, 6) is -0.158. The first-order valence-electron chi connectivity index (χ1n) is 8.63. The van der Waals surface area contributed by atoms with Crippen molar-refractivity contribution in [2.24, 2.45) is 5.41 Å². The number of likely N-dealkylation sites (tertiary alicyclic amines) is 1. The maximum Gasteiger partial charge on any atom is 0.276 e. The van der Waals surface area contributed by atoms with Gasteiger partial charge in [-0.1, -0.05) is 19.1 Å². The van der Waals surface area contributed by atoms with E-state index in [-0.39, 0.29) is 23.7 Å².